The Kier molecular flexibility index (Phi) is 3.91. The summed E-state index contributed by atoms with van der Waals surface area (Å²) < 4.78 is 6.77. The van der Waals surface area contributed by atoms with E-state index >= 15 is 0 Å². The van der Waals surface area contributed by atoms with Crippen molar-refractivity contribution in [3.05, 3.63) is 48.2 Å². The molecule has 1 amide bonds. The van der Waals surface area contributed by atoms with Gasteiger partial charge in [-0.15, -0.1) is 0 Å². The maximum Gasteiger partial charge on any atom is 0.220 e. The highest BCUT2D eigenvalue weighted by molar-refractivity contribution is 5.85. The second-order valence-corrected chi connectivity index (χ2v) is 5.36. The van der Waals surface area contributed by atoms with Crippen LogP contribution in [0.15, 0.2) is 41.4 Å². The van der Waals surface area contributed by atoms with E-state index in [1.165, 1.54) is 22.9 Å². The van der Waals surface area contributed by atoms with Crippen molar-refractivity contribution in [2.75, 3.05) is 0 Å². The summed E-state index contributed by atoms with van der Waals surface area (Å²) in [7, 11) is 2.02. The Hall–Kier alpha value is -2.63. The number of nitrogens with one attached hydrogen (secondary N) is 1. The van der Waals surface area contributed by atoms with Crippen LogP contribution in [0.4, 0.5) is 0 Å². The van der Waals surface area contributed by atoms with Crippen LogP contribution in [0, 0.1) is 0 Å². The van der Waals surface area contributed by atoms with Gasteiger partial charge in [0, 0.05) is 30.6 Å². The Morgan fingerprint density at radius 3 is 3.00 bits per heavy atom. The molecule has 0 aliphatic rings. The molecule has 0 unspecified atom stereocenters. The van der Waals surface area contributed by atoms with Crippen molar-refractivity contribution in [2.24, 2.45) is 7.05 Å². The largest absolute Gasteiger partial charge is 0.350 e. The van der Waals surface area contributed by atoms with Crippen LogP contribution in [-0.2, 0) is 18.3 Å². The zero-order chi connectivity index (χ0) is 15.5. The van der Waals surface area contributed by atoms with Crippen LogP contribution < -0.4 is 5.32 Å². The molecule has 0 aliphatic heterocycles. The maximum absolute atomic E-state index is 12.1. The number of aromatic nitrogens is 3. The molecule has 1 atom stereocenters. The van der Waals surface area contributed by atoms with Crippen molar-refractivity contribution >= 4 is 16.8 Å². The van der Waals surface area contributed by atoms with E-state index in [1.807, 2.05) is 26.1 Å². The molecule has 3 aromatic rings. The highest BCUT2D eigenvalue weighted by Crippen LogP contribution is 2.21. The number of carbonyl (C=O) groups excluding carboxylic acids is 1. The SMILES string of the molecule is C[C@@H](NC(=O)CCc1cn(C)c2ccccc12)c1ncon1. The summed E-state index contributed by atoms with van der Waals surface area (Å²) in [5, 5.41) is 7.80. The normalized spacial score (nSPS) is 12.5. The van der Waals surface area contributed by atoms with Gasteiger partial charge in [0.15, 0.2) is 5.82 Å². The summed E-state index contributed by atoms with van der Waals surface area (Å²) >= 11 is 0. The third-order valence-corrected chi connectivity index (χ3v) is 3.74. The smallest absolute Gasteiger partial charge is 0.220 e. The van der Waals surface area contributed by atoms with Crippen molar-refractivity contribution in [1.29, 1.82) is 0 Å². The van der Waals surface area contributed by atoms with E-state index in [0.717, 1.165) is 0 Å². The fourth-order valence-electron chi connectivity index (χ4n) is 2.62. The van der Waals surface area contributed by atoms with Gasteiger partial charge >= 0.3 is 0 Å². The van der Waals surface area contributed by atoms with Crippen molar-refractivity contribution in [3.8, 4) is 0 Å². The lowest BCUT2D eigenvalue weighted by molar-refractivity contribution is -0.121. The average Bonchev–Trinajstić information content (AvgIpc) is 3.14. The quantitative estimate of drug-likeness (QED) is 0.785. The van der Waals surface area contributed by atoms with E-state index in [1.54, 1.807) is 0 Å². The summed E-state index contributed by atoms with van der Waals surface area (Å²) in [6.45, 7) is 1.83. The predicted molar refractivity (Wildman–Crippen MR) is 82.1 cm³/mol. The van der Waals surface area contributed by atoms with Crippen molar-refractivity contribution in [1.82, 2.24) is 20.0 Å². The third kappa shape index (κ3) is 2.86. The first-order valence-corrected chi connectivity index (χ1v) is 7.23. The predicted octanol–water partition coefficient (Wildman–Crippen LogP) is 2.37. The first-order valence-electron chi connectivity index (χ1n) is 7.23. The molecule has 0 fully saturated rings. The molecular formula is C16H18N4O2. The molecule has 1 N–H and O–H groups in total. The lowest BCUT2D eigenvalue weighted by Crippen LogP contribution is -2.27. The van der Waals surface area contributed by atoms with Crippen LogP contribution in [0.2, 0.25) is 0 Å². The number of nitrogens with zero attached hydrogens (tertiary/aromatic N) is 3. The zero-order valence-corrected chi connectivity index (χ0v) is 12.6. The monoisotopic (exact) mass is 298 g/mol. The topological polar surface area (TPSA) is 73.0 Å². The molecule has 6 nitrogen and oxygen atoms in total. The number of aryl methyl sites for hydroxylation is 2. The molecule has 0 spiro atoms. The molecule has 3 rings (SSSR count). The van der Waals surface area contributed by atoms with E-state index in [0.29, 0.717) is 18.7 Å². The first kappa shape index (κ1) is 14.3. The summed E-state index contributed by atoms with van der Waals surface area (Å²) in [6.07, 6.45) is 4.47. The van der Waals surface area contributed by atoms with E-state index in [2.05, 4.69) is 42.9 Å². The fraction of sp³-hybridized carbons (Fsp3) is 0.312. The standard InChI is InChI=1S/C16H18N4O2/c1-11(16-17-10-22-19-16)18-15(21)8-7-12-9-20(2)14-6-4-3-5-13(12)14/h3-6,9-11H,7-8H2,1-2H3,(H,18,21)/t11-/m1/s1. The van der Waals surface area contributed by atoms with Gasteiger partial charge in [-0.05, 0) is 25.0 Å². The minimum Gasteiger partial charge on any atom is -0.350 e. The van der Waals surface area contributed by atoms with Gasteiger partial charge in [-0.1, -0.05) is 23.4 Å². The number of amides is 1. The molecule has 0 radical (unpaired) electrons. The lowest BCUT2D eigenvalue weighted by Gasteiger charge is -2.09. The Labute approximate surface area is 128 Å². The molecule has 0 aliphatic carbocycles. The van der Waals surface area contributed by atoms with Gasteiger partial charge in [0.2, 0.25) is 12.3 Å². The summed E-state index contributed by atoms with van der Waals surface area (Å²) in [4.78, 5) is 16.0. The third-order valence-electron chi connectivity index (χ3n) is 3.74. The molecule has 114 valence electrons. The van der Waals surface area contributed by atoms with Gasteiger partial charge in [0.05, 0.1) is 6.04 Å². The van der Waals surface area contributed by atoms with Crippen molar-refractivity contribution < 1.29 is 9.32 Å². The number of fused-ring (bicyclic) bond motifs is 1. The molecular weight excluding hydrogens is 280 g/mol. The van der Waals surface area contributed by atoms with E-state index in [-0.39, 0.29) is 11.9 Å². The van der Waals surface area contributed by atoms with Crippen LogP contribution >= 0.6 is 0 Å². The lowest BCUT2D eigenvalue weighted by atomic mass is 10.1. The molecule has 2 heterocycles. The first-order chi connectivity index (χ1) is 10.6. The van der Waals surface area contributed by atoms with Gasteiger partial charge in [0.1, 0.15) is 0 Å². The maximum atomic E-state index is 12.1. The van der Waals surface area contributed by atoms with Crippen molar-refractivity contribution in [2.45, 2.75) is 25.8 Å². The highest BCUT2D eigenvalue weighted by Gasteiger charge is 2.14. The molecule has 1 aromatic carbocycles. The number of para-hydroxylation sites is 1. The zero-order valence-electron chi connectivity index (χ0n) is 12.6. The Balaban J connectivity index is 1.63. The highest BCUT2D eigenvalue weighted by atomic mass is 16.5. The number of rotatable bonds is 5. The van der Waals surface area contributed by atoms with Gasteiger partial charge in [-0.3, -0.25) is 4.79 Å². The molecule has 0 saturated heterocycles. The second-order valence-electron chi connectivity index (χ2n) is 5.36. The number of hydrogen-bond donors (Lipinski definition) is 1. The molecule has 6 heteroatoms. The van der Waals surface area contributed by atoms with Gasteiger partial charge in [-0.2, -0.15) is 4.98 Å². The van der Waals surface area contributed by atoms with E-state index < -0.39 is 0 Å². The number of benzene rings is 1. The average molecular weight is 298 g/mol. The van der Waals surface area contributed by atoms with E-state index in [9.17, 15) is 4.79 Å². The van der Waals surface area contributed by atoms with Crippen molar-refractivity contribution in [3.63, 3.8) is 0 Å². The minimum absolute atomic E-state index is 0.0229. The molecule has 2 aromatic heterocycles. The van der Waals surface area contributed by atoms with Crippen LogP contribution in [0.3, 0.4) is 0 Å². The van der Waals surface area contributed by atoms with Gasteiger partial charge in [-0.25, -0.2) is 0 Å². The Morgan fingerprint density at radius 1 is 1.41 bits per heavy atom. The van der Waals surface area contributed by atoms with Crippen LogP contribution in [0.25, 0.3) is 10.9 Å². The molecule has 22 heavy (non-hydrogen) atoms. The molecule has 0 saturated carbocycles. The molecule has 0 bridgehead atoms. The number of carbonyl (C=O) groups is 1. The summed E-state index contributed by atoms with van der Waals surface area (Å²) in [5.41, 5.74) is 2.36. The van der Waals surface area contributed by atoms with Crippen LogP contribution in [0.5, 0.6) is 0 Å². The Morgan fingerprint density at radius 2 is 2.23 bits per heavy atom. The summed E-state index contributed by atoms with van der Waals surface area (Å²) in [6, 6.07) is 7.95. The number of hydrogen-bond acceptors (Lipinski definition) is 4. The van der Waals surface area contributed by atoms with Gasteiger partial charge < -0.3 is 14.4 Å². The van der Waals surface area contributed by atoms with E-state index in [4.69, 9.17) is 0 Å². The Bertz CT molecular complexity index is 777. The fourth-order valence-corrected chi connectivity index (χ4v) is 2.62. The minimum atomic E-state index is -0.251. The second kappa shape index (κ2) is 6.01. The summed E-state index contributed by atoms with van der Waals surface area (Å²) in [5.74, 6) is 0.462. The van der Waals surface area contributed by atoms with Gasteiger partial charge in [0.25, 0.3) is 0 Å². The van der Waals surface area contributed by atoms with Crippen LogP contribution in [0.1, 0.15) is 30.8 Å². The van der Waals surface area contributed by atoms with Crippen LogP contribution in [-0.4, -0.2) is 20.6 Å².